The zero-order valence-corrected chi connectivity index (χ0v) is 33.9. The second-order valence-electron chi connectivity index (χ2n) is 15.3. The number of halogens is 6. The topological polar surface area (TPSA) is 191 Å². The fourth-order valence-electron chi connectivity index (χ4n) is 8.24. The van der Waals surface area contributed by atoms with Crippen LogP contribution in [-0.4, -0.2) is 82.9 Å². The van der Waals surface area contributed by atoms with Crippen LogP contribution in [0.25, 0.3) is 0 Å². The van der Waals surface area contributed by atoms with Gasteiger partial charge in [0.1, 0.15) is 23.5 Å². The number of benzene rings is 2. The molecule has 65 heavy (non-hydrogen) atoms. The summed E-state index contributed by atoms with van der Waals surface area (Å²) in [7, 11) is 0. The molecule has 0 radical (unpaired) electrons. The Bertz CT molecular complexity index is 2540. The highest BCUT2D eigenvalue weighted by molar-refractivity contribution is 6.08. The second kappa shape index (κ2) is 17.4. The van der Waals surface area contributed by atoms with E-state index >= 15 is 0 Å². The highest BCUT2D eigenvalue weighted by Crippen LogP contribution is 2.42. The van der Waals surface area contributed by atoms with E-state index in [0.717, 1.165) is 34.1 Å². The molecule has 21 heteroatoms. The molecule has 4 aliphatic heterocycles. The van der Waals surface area contributed by atoms with Gasteiger partial charge in [0.25, 0.3) is 11.8 Å². The molecule has 6 amide bonds. The Hall–Kier alpha value is -7.78. The standard InChI is InChI=1S/C44H35F6N11O4/c45-43(46,47)27-5-1-7-31(17-27)60-33-23-58(39(62)35(33)37(56-41(60)64)25-9-11-29(19-51)54-21-25)15-3-13-53-14-4-16-59-24-34-36(40(59)63)38(26-10-12-30(20-52)55-22-26)57-42(65)61(34)32-8-2-6-28(18-32)44(48,49)50/h1-2,5-12,17-18,21-22,37-38,53H,3-4,13-16,23-24H2,(H,56,64)(H,57,65). The summed E-state index contributed by atoms with van der Waals surface area (Å²) in [5, 5.41) is 27.2. The third-order valence-electron chi connectivity index (χ3n) is 11.3. The minimum Gasteiger partial charge on any atom is -0.333 e. The van der Waals surface area contributed by atoms with E-state index in [2.05, 4.69) is 25.9 Å². The lowest BCUT2D eigenvalue weighted by Crippen LogP contribution is -2.47. The number of hydrogen-bond donors (Lipinski definition) is 3. The third-order valence-corrected chi connectivity index (χ3v) is 11.3. The Labute approximate surface area is 366 Å². The van der Waals surface area contributed by atoms with Gasteiger partial charge in [-0.25, -0.2) is 19.6 Å². The van der Waals surface area contributed by atoms with Crippen LogP contribution in [0.4, 0.5) is 47.3 Å². The quantitative estimate of drug-likeness (QED) is 0.112. The fraction of sp³-hybridized carbons (Fsp3) is 0.273. The summed E-state index contributed by atoms with van der Waals surface area (Å²) in [6.07, 6.45) is -5.85. The van der Waals surface area contributed by atoms with Gasteiger partial charge in [0.2, 0.25) is 0 Å². The lowest BCUT2D eigenvalue weighted by atomic mass is 9.96. The molecule has 2 atom stereocenters. The molecule has 0 aliphatic carbocycles. The van der Waals surface area contributed by atoms with Gasteiger partial charge in [0.05, 0.1) is 70.2 Å². The predicted molar refractivity (Wildman–Crippen MR) is 218 cm³/mol. The molecular formula is C44H35F6N11O4. The first-order valence-corrected chi connectivity index (χ1v) is 20.1. The summed E-state index contributed by atoms with van der Waals surface area (Å²) >= 11 is 0. The van der Waals surface area contributed by atoms with E-state index in [4.69, 9.17) is 0 Å². The number of nitrogens with one attached hydrogen (secondary N) is 3. The fourth-order valence-corrected chi connectivity index (χ4v) is 8.24. The van der Waals surface area contributed by atoms with Gasteiger partial charge in [-0.1, -0.05) is 24.3 Å². The number of anilines is 2. The molecule has 4 aromatic rings. The van der Waals surface area contributed by atoms with E-state index in [1.54, 1.807) is 0 Å². The molecule has 6 heterocycles. The SMILES string of the molecule is N#Cc1ccc(C2NC(=O)N(c3cccc(C(F)(F)F)c3)C3=C2C(=O)N(CCCNCCCN2CC4=C(C2=O)C(c2ccc(C#N)nc2)NC(=O)N4c2cccc(C(F)(F)F)c2)C3)cn1. The maximum atomic E-state index is 14.0. The summed E-state index contributed by atoms with van der Waals surface area (Å²) < 4.78 is 82.2. The van der Waals surface area contributed by atoms with Crippen LogP contribution in [0.5, 0.6) is 0 Å². The molecule has 0 spiro atoms. The number of rotatable bonds is 12. The molecule has 0 saturated heterocycles. The molecular weight excluding hydrogens is 861 g/mol. The third kappa shape index (κ3) is 8.65. The van der Waals surface area contributed by atoms with Crippen LogP contribution in [0, 0.1) is 22.7 Å². The highest BCUT2D eigenvalue weighted by atomic mass is 19.4. The predicted octanol–water partition coefficient (Wildman–Crippen LogP) is 6.06. The number of nitriles is 2. The first-order valence-electron chi connectivity index (χ1n) is 20.1. The molecule has 0 fully saturated rings. The molecule has 15 nitrogen and oxygen atoms in total. The van der Waals surface area contributed by atoms with Gasteiger partial charge in [-0.2, -0.15) is 36.9 Å². The molecule has 4 aliphatic rings. The zero-order valence-electron chi connectivity index (χ0n) is 33.9. The van der Waals surface area contributed by atoms with Crippen LogP contribution in [0.2, 0.25) is 0 Å². The Morgan fingerprint density at radius 3 is 1.40 bits per heavy atom. The zero-order chi connectivity index (χ0) is 46.2. The average molecular weight is 896 g/mol. The van der Waals surface area contributed by atoms with Crippen molar-refractivity contribution in [1.29, 1.82) is 10.5 Å². The summed E-state index contributed by atoms with van der Waals surface area (Å²) in [5.74, 6) is -0.893. The van der Waals surface area contributed by atoms with Crippen molar-refractivity contribution >= 4 is 35.3 Å². The van der Waals surface area contributed by atoms with Crippen LogP contribution in [0.1, 0.15) is 58.6 Å². The van der Waals surface area contributed by atoms with Gasteiger partial charge < -0.3 is 25.8 Å². The maximum Gasteiger partial charge on any atom is 0.416 e. The number of pyridine rings is 2. The first kappa shape index (κ1) is 43.9. The Balaban J connectivity index is 0.918. The van der Waals surface area contributed by atoms with Gasteiger partial charge in [-0.15, -0.1) is 0 Å². The van der Waals surface area contributed by atoms with Crippen molar-refractivity contribution in [3.05, 3.63) is 141 Å². The molecule has 0 bridgehead atoms. The Morgan fingerprint density at radius 2 is 1.05 bits per heavy atom. The van der Waals surface area contributed by atoms with Crippen molar-refractivity contribution in [2.45, 2.75) is 37.3 Å². The van der Waals surface area contributed by atoms with E-state index in [1.807, 2.05) is 12.1 Å². The highest BCUT2D eigenvalue weighted by Gasteiger charge is 2.47. The van der Waals surface area contributed by atoms with Crippen molar-refractivity contribution < 1.29 is 45.5 Å². The number of aromatic nitrogens is 2. The Kier molecular flexibility index (Phi) is 11.7. The summed E-state index contributed by atoms with van der Waals surface area (Å²) in [6, 6.07) is 14.7. The first-order chi connectivity index (χ1) is 31.1. The van der Waals surface area contributed by atoms with Crippen LogP contribution in [0.15, 0.2) is 108 Å². The number of hydrogen-bond acceptors (Lipinski definition) is 9. The number of carbonyl (C=O) groups is 4. The minimum atomic E-state index is -4.69. The lowest BCUT2D eigenvalue weighted by Gasteiger charge is -2.33. The summed E-state index contributed by atoms with van der Waals surface area (Å²) in [4.78, 5) is 68.5. The number of nitrogens with zero attached hydrogens (tertiary/aromatic N) is 8. The maximum absolute atomic E-state index is 14.0. The smallest absolute Gasteiger partial charge is 0.333 e. The van der Waals surface area contributed by atoms with E-state index in [1.165, 1.54) is 70.7 Å². The van der Waals surface area contributed by atoms with Crippen LogP contribution >= 0.6 is 0 Å². The number of alkyl halides is 6. The number of carbonyl (C=O) groups excluding carboxylic acids is 4. The van der Waals surface area contributed by atoms with E-state index in [9.17, 15) is 56.0 Å². The average Bonchev–Trinajstić information content (AvgIpc) is 3.79. The monoisotopic (exact) mass is 895 g/mol. The number of amides is 6. The van der Waals surface area contributed by atoms with E-state index in [-0.39, 0.29) is 71.5 Å². The van der Waals surface area contributed by atoms with Crippen molar-refractivity contribution in [3.8, 4) is 12.1 Å². The van der Waals surface area contributed by atoms with E-state index in [0.29, 0.717) is 37.1 Å². The van der Waals surface area contributed by atoms with Crippen LogP contribution < -0.4 is 25.8 Å². The van der Waals surface area contributed by atoms with Crippen molar-refractivity contribution in [3.63, 3.8) is 0 Å². The molecule has 8 rings (SSSR count). The molecule has 3 N–H and O–H groups in total. The Morgan fingerprint density at radius 1 is 0.631 bits per heavy atom. The van der Waals surface area contributed by atoms with Crippen molar-refractivity contribution in [1.82, 2.24) is 35.7 Å². The lowest BCUT2D eigenvalue weighted by molar-refractivity contribution is -0.138. The summed E-state index contributed by atoms with van der Waals surface area (Å²) in [6.45, 7) is 1.01. The van der Waals surface area contributed by atoms with Gasteiger partial charge in [-0.05, 0) is 85.6 Å². The molecule has 2 aromatic carbocycles. The van der Waals surface area contributed by atoms with E-state index < -0.39 is 59.4 Å². The van der Waals surface area contributed by atoms with Gasteiger partial charge in [0.15, 0.2) is 0 Å². The van der Waals surface area contributed by atoms with Crippen LogP contribution in [0.3, 0.4) is 0 Å². The van der Waals surface area contributed by atoms with Crippen LogP contribution in [-0.2, 0) is 21.9 Å². The van der Waals surface area contributed by atoms with Gasteiger partial charge in [-0.3, -0.25) is 19.4 Å². The number of urea groups is 2. The molecule has 2 aromatic heterocycles. The molecule has 2 unspecified atom stereocenters. The van der Waals surface area contributed by atoms with Crippen molar-refractivity contribution in [2.24, 2.45) is 0 Å². The van der Waals surface area contributed by atoms with Gasteiger partial charge in [0, 0.05) is 25.5 Å². The molecule has 0 saturated carbocycles. The minimum absolute atomic E-state index is 0.0822. The summed E-state index contributed by atoms with van der Waals surface area (Å²) in [5.41, 5.74) is -0.431. The van der Waals surface area contributed by atoms with Crippen molar-refractivity contribution in [2.75, 3.05) is 49.1 Å². The normalized spacial score (nSPS) is 18.7. The second-order valence-corrected chi connectivity index (χ2v) is 15.3. The van der Waals surface area contributed by atoms with Gasteiger partial charge >= 0.3 is 24.4 Å². The molecule has 332 valence electrons. The largest absolute Gasteiger partial charge is 0.416 e.